The highest BCUT2D eigenvalue weighted by molar-refractivity contribution is 7.80. The van der Waals surface area contributed by atoms with E-state index in [9.17, 15) is 0 Å². The maximum atomic E-state index is 5.61. The molecule has 5 rings (SSSR count). The number of aromatic nitrogens is 3. The normalized spacial score (nSPS) is 11.1. The molecule has 0 unspecified atom stereocenters. The number of hydrogen-bond acceptors (Lipinski definition) is 4. The van der Waals surface area contributed by atoms with Gasteiger partial charge >= 0.3 is 0 Å². The van der Waals surface area contributed by atoms with Crippen LogP contribution < -0.4 is 15.0 Å². The Labute approximate surface area is 178 Å². The van der Waals surface area contributed by atoms with Gasteiger partial charge in [0.25, 0.3) is 0 Å². The average Bonchev–Trinajstić information content (AvgIpc) is 3.13. The Bertz CT molecular complexity index is 1390. The van der Waals surface area contributed by atoms with E-state index in [1.807, 2.05) is 78.7 Å². The van der Waals surface area contributed by atoms with Crippen molar-refractivity contribution in [3.63, 3.8) is 0 Å². The SMILES string of the molecule is COc1ccc(N(C)C(=S)Nc2ccc3[nH]c4nc5ccccc5nc4c3c2)cc1. The van der Waals surface area contributed by atoms with Crippen LogP contribution in [0.25, 0.3) is 33.1 Å². The largest absolute Gasteiger partial charge is 0.497 e. The second-order valence-corrected chi connectivity index (χ2v) is 7.37. The average molecular weight is 414 g/mol. The Kier molecular flexibility index (Phi) is 4.44. The quantitative estimate of drug-likeness (QED) is 0.401. The first-order valence-electron chi connectivity index (χ1n) is 9.49. The number of thiocarbonyl (C=S) groups is 1. The van der Waals surface area contributed by atoms with Gasteiger partial charge < -0.3 is 19.9 Å². The third-order valence-corrected chi connectivity index (χ3v) is 5.49. The fraction of sp³-hybridized carbons (Fsp3) is 0.0870. The third-order valence-electron chi connectivity index (χ3n) is 5.11. The summed E-state index contributed by atoms with van der Waals surface area (Å²) in [4.78, 5) is 14.8. The van der Waals surface area contributed by atoms with Crippen LogP contribution in [-0.2, 0) is 0 Å². The van der Waals surface area contributed by atoms with E-state index in [0.717, 1.165) is 50.2 Å². The van der Waals surface area contributed by atoms with Crippen molar-refractivity contribution in [1.29, 1.82) is 0 Å². The van der Waals surface area contributed by atoms with E-state index in [0.29, 0.717) is 5.11 Å². The first-order chi connectivity index (χ1) is 14.6. The number of aromatic amines is 1. The molecule has 0 saturated heterocycles. The number of rotatable bonds is 3. The maximum absolute atomic E-state index is 5.61. The zero-order valence-electron chi connectivity index (χ0n) is 16.5. The summed E-state index contributed by atoms with van der Waals surface area (Å²) in [5.41, 5.74) is 6.22. The van der Waals surface area contributed by atoms with Gasteiger partial charge in [0.15, 0.2) is 10.8 Å². The molecule has 2 aromatic heterocycles. The minimum Gasteiger partial charge on any atom is -0.497 e. The van der Waals surface area contributed by atoms with Crippen molar-refractivity contribution in [3.8, 4) is 5.75 Å². The Hall–Kier alpha value is -3.71. The van der Waals surface area contributed by atoms with Crippen molar-refractivity contribution in [2.24, 2.45) is 0 Å². The minimum absolute atomic E-state index is 0.593. The number of benzene rings is 3. The summed E-state index contributed by atoms with van der Waals surface area (Å²) in [5.74, 6) is 0.810. The summed E-state index contributed by atoms with van der Waals surface area (Å²) in [6.45, 7) is 0. The van der Waals surface area contributed by atoms with Crippen molar-refractivity contribution in [1.82, 2.24) is 15.0 Å². The van der Waals surface area contributed by atoms with Gasteiger partial charge in [-0.1, -0.05) is 12.1 Å². The topological polar surface area (TPSA) is 66.1 Å². The molecule has 3 aromatic carbocycles. The molecule has 0 fully saturated rings. The zero-order chi connectivity index (χ0) is 20.7. The Morgan fingerprint density at radius 2 is 1.73 bits per heavy atom. The van der Waals surface area contributed by atoms with Crippen molar-refractivity contribution in [3.05, 3.63) is 66.7 Å². The lowest BCUT2D eigenvalue weighted by atomic mass is 10.2. The number of nitrogens with zero attached hydrogens (tertiary/aromatic N) is 3. The summed E-state index contributed by atoms with van der Waals surface area (Å²) in [7, 11) is 3.58. The van der Waals surface area contributed by atoms with Gasteiger partial charge in [-0.15, -0.1) is 0 Å². The standard InChI is InChI=1S/C23H19N5OS/c1-28(15-8-10-16(29-2)11-9-15)23(30)24-14-7-12-18-17(13-14)21-22(26-18)27-20-6-4-3-5-19(20)25-21/h3-13H,1-2H3,(H,24,30)(H,26,27). The van der Waals surface area contributed by atoms with Crippen molar-refractivity contribution in [2.75, 3.05) is 24.4 Å². The van der Waals surface area contributed by atoms with Crippen molar-refractivity contribution < 1.29 is 4.74 Å². The molecule has 2 N–H and O–H groups in total. The van der Waals surface area contributed by atoms with E-state index in [1.54, 1.807) is 7.11 Å². The van der Waals surface area contributed by atoms with E-state index < -0.39 is 0 Å². The second kappa shape index (κ2) is 7.27. The molecule has 30 heavy (non-hydrogen) atoms. The number of para-hydroxylation sites is 2. The molecule has 0 saturated carbocycles. The molecule has 2 heterocycles. The van der Waals surface area contributed by atoms with Crippen LogP contribution in [0.5, 0.6) is 5.75 Å². The number of anilines is 2. The highest BCUT2D eigenvalue weighted by Gasteiger charge is 2.12. The Morgan fingerprint density at radius 1 is 1.00 bits per heavy atom. The molecule has 0 aliphatic heterocycles. The molecule has 5 aromatic rings. The van der Waals surface area contributed by atoms with Gasteiger partial charge in [0.1, 0.15) is 11.3 Å². The molecule has 6 nitrogen and oxygen atoms in total. The van der Waals surface area contributed by atoms with Gasteiger partial charge in [-0.25, -0.2) is 9.97 Å². The molecule has 0 atom stereocenters. The van der Waals surface area contributed by atoms with E-state index in [4.69, 9.17) is 26.9 Å². The molecule has 7 heteroatoms. The predicted octanol–water partition coefficient (Wildman–Crippen LogP) is 5.11. The molecule has 0 spiro atoms. The number of hydrogen-bond donors (Lipinski definition) is 2. The monoisotopic (exact) mass is 413 g/mol. The van der Waals surface area contributed by atoms with E-state index in [2.05, 4.69) is 10.3 Å². The fourth-order valence-corrected chi connectivity index (χ4v) is 3.68. The molecular weight excluding hydrogens is 394 g/mol. The first kappa shape index (κ1) is 18.3. The summed E-state index contributed by atoms with van der Waals surface area (Å²) < 4.78 is 5.22. The van der Waals surface area contributed by atoms with Crippen LogP contribution >= 0.6 is 12.2 Å². The van der Waals surface area contributed by atoms with Crippen LogP contribution in [0.15, 0.2) is 66.7 Å². The van der Waals surface area contributed by atoms with Gasteiger partial charge in [-0.3, -0.25) is 0 Å². The van der Waals surface area contributed by atoms with Crippen LogP contribution in [-0.4, -0.2) is 34.2 Å². The lowest BCUT2D eigenvalue weighted by molar-refractivity contribution is 0.415. The molecular formula is C23H19N5OS. The highest BCUT2D eigenvalue weighted by Crippen LogP contribution is 2.28. The predicted molar refractivity (Wildman–Crippen MR) is 127 cm³/mol. The maximum Gasteiger partial charge on any atom is 0.177 e. The van der Waals surface area contributed by atoms with Crippen LogP contribution in [0.1, 0.15) is 0 Å². The lowest BCUT2D eigenvalue weighted by Crippen LogP contribution is -2.30. The molecule has 0 amide bonds. The first-order valence-corrected chi connectivity index (χ1v) is 9.90. The number of methoxy groups -OCH3 is 1. The Morgan fingerprint density at radius 3 is 2.47 bits per heavy atom. The van der Waals surface area contributed by atoms with E-state index in [-0.39, 0.29) is 0 Å². The van der Waals surface area contributed by atoms with Crippen LogP contribution in [0, 0.1) is 0 Å². The summed E-state index contributed by atoms with van der Waals surface area (Å²) >= 11 is 5.61. The van der Waals surface area contributed by atoms with Crippen LogP contribution in [0.2, 0.25) is 0 Å². The molecule has 0 aliphatic carbocycles. The fourth-order valence-electron chi connectivity index (χ4n) is 3.46. The summed E-state index contributed by atoms with van der Waals surface area (Å²) in [6.07, 6.45) is 0. The van der Waals surface area contributed by atoms with Crippen molar-refractivity contribution >= 4 is 61.8 Å². The molecule has 0 aliphatic rings. The van der Waals surface area contributed by atoms with Gasteiger partial charge in [0.05, 0.1) is 18.1 Å². The van der Waals surface area contributed by atoms with Gasteiger partial charge in [0.2, 0.25) is 0 Å². The number of fused-ring (bicyclic) bond motifs is 4. The van der Waals surface area contributed by atoms with Crippen LogP contribution in [0.3, 0.4) is 0 Å². The van der Waals surface area contributed by atoms with Gasteiger partial charge in [-0.05, 0) is 66.8 Å². The van der Waals surface area contributed by atoms with E-state index in [1.165, 1.54) is 0 Å². The third kappa shape index (κ3) is 3.19. The Balaban J connectivity index is 1.47. The lowest BCUT2D eigenvalue weighted by Gasteiger charge is -2.21. The van der Waals surface area contributed by atoms with E-state index >= 15 is 0 Å². The van der Waals surface area contributed by atoms with Crippen LogP contribution in [0.4, 0.5) is 11.4 Å². The molecule has 148 valence electrons. The second-order valence-electron chi connectivity index (χ2n) is 6.98. The van der Waals surface area contributed by atoms with Gasteiger partial charge in [0, 0.05) is 29.3 Å². The van der Waals surface area contributed by atoms with Gasteiger partial charge in [-0.2, -0.15) is 0 Å². The number of ether oxygens (including phenoxy) is 1. The molecule has 0 bridgehead atoms. The smallest absolute Gasteiger partial charge is 0.177 e. The zero-order valence-corrected chi connectivity index (χ0v) is 17.3. The molecule has 0 radical (unpaired) electrons. The summed E-state index contributed by atoms with van der Waals surface area (Å²) in [6, 6.07) is 21.7. The minimum atomic E-state index is 0.593. The van der Waals surface area contributed by atoms with Crippen molar-refractivity contribution in [2.45, 2.75) is 0 Å². The number of H-pyrrole nitrogens is 1. The highest BCUT2D eigenvalue weighted by atomic mass is 32.1. The summed E-state index contributed by atoms with van der Waals surface area (Å²) in [5, 5.41) is 4.91. The number of nitrogens with one attached hydrogen (secondary N) is 2.